The van der Waals surface area contributed by atoms with Gasteiger partial charge in [-0.05, 0) is 30.7 Å². The van der Waals surface area contributed by atoms with Gasteiger partial charge in [-0.3, -0.25) is 0 Å². The van der Waals surface area contributed by atoms with Gasteiger partial charge >= 0.3 is 0 Å². The summed E-state index contributed by atoms with van der Waals surface area (Å²) in [4.78, 5) is 0. The Morgan fingerprint density at radius 3 is 3.05 bits per heavy atom. The summed E-state index contributed by atoms with van der Waals surface area (Å²) in [5.74, 6) is 0.586. The molecule has 1 aliphatic rings. The first-order valence-corrected chi connectivity index (χ1v) is 7.06. The molecular formula is C14H19N5O2. The molecule has 0 aliphatic heterocycles. The van der Waals surface area contributed by atoms with E-state index < -0.39 is 0 Å². The summed E-state index contributed by atoms with van der Waals surface area (Å²) in [7, 11) is 1.72. The Balaban J connectivity index is 1.67. The number of hydrogen-bond acceptors (Lipinski definition) is 6. The van der Waals surface area contributed by atoms with Gasteiger partial charge in [-0.25, -0.2) is 0 Å². The number of anilines is 1. The third-order valence-electron chi connectivity index (χ3n) is 3.72. The van der Waals surface area contributed by atoms with Gasteiger partial charge in [-0.2, -0.15) is 5.21 Å². The van der Waals surface area contributed by atoms with Gasteiger partial charge in [-0.15, -0.1) is 10.2 Å². The van der Waals surface area contributed by atoms with Gasteiger partial charge < -0.3 is 14.8 Å². The van der Waals surface area contributed by atoms with Gasteiger partial charge in [0.15, 0.2) is 0 Å². The van der Waals surface area contributed by atoms with Crippen molar-refractivity contribution in [2.24, 2.45) is 0 Å². The number of rotatable bonds is 6. The van der Waals surface area contributed by atoms with Crippen LogP contribution in [0, 0.1) is 0 Å². The van der Waals surface area contributed by atoms with Gasteiger partial charge in [0.2, 0.25) is 5.82 Å². The number of benzene rings is 1. The van der Waals surface area contributed by atoms with Crippen LogP contribution in [0.15, 0.2) is 24.3 Å². The first-order valence-electron chi connectivity index (χ1n) is 7.06. The lowest BCUT2D eigenvalue weighted by molar-refractivity contribution is -0.118. The summed E-state index contributed by atoms with van der Waals surface area (Å²) in [6.45, 7) is 2.71. The Hall–Kier alpha value is -1.99. The number of H-pyrrole nitrogens is 1. The van der Waals surface area contributed by atoms with Crippen molar-refractivity contribution in [1.29, 1.82) is 0 Å². The summed E-state index contributed by atoms with van der Waals surface area (Å²) in [6.07, 6.45) is 1.20. The summed E-state index contributed by atoms with van der Waals surface area (Å²) in [5, 5.41) is 17.5. The monoisotopic (exact) mass is 289 g/mol. The maximum atomic E-state index is 5.63. The van der Waals surface area contributed by atoms with Crippen molar-refractivity contribution in [3.05, 3.63) is 24.3 Å². The molecule has 0 bridgehead atoms. The molecule has 7 heteroatoms. The van der Waals surface area contributed by atoms with Crippen LogP contribution in [0.1, 0.15) is 13.3 Å². The normalized spacial score (nSPS) is 24.6. The minimum Gasteiger partial charge on any atom is -0.379 e. The fraction of sp³-hybridized carbons (Fsp3) is 0.500. The zero-order chi connectivity index (χ0) is 14.7. The van der Waals surface area contributed by atoms with E-state index in [2.05, 4.69) is 25.9 Å². The van der Waals surface area contributed by atoms with Crippen molar-refractivity contribution in [2.75, 3.05) is 19.0 Å². The van der Waals surface area contributed by atoms with E-state index in [4.69, 9.17) is 9.47 Å². The highest BCUT2D eigenvalue weighted by molar-refractivity contribution is 5.62. The predicted molar refractivity (Wildman–Crippen MR) is 77.9 cm³/mol. The van der Waals surface area contributed by atoms with Crippen LogP contribution in [-0.4, -0.2) is 52.6 Å². The topological polar surface area (TPSA) is 85.0 Å². The standard InChI is InChI=1S/C14H19N5O2/c1-3-21-12-8-11(13(12)20-2)15-10-6-4-5-9(7-10)14-16-18-19-17-14/h4-7,11-13,15H,3,8H2,1-2H3,(H,16,17,18,19). The Morgan fingerprint density at radius 2 is 2.33 bits per heavy atom. The lowest BCUT2D eigenvalue weighted by Crippen LogP contribution is -2.56. The predicted octanol–water partition coefficient (Wildman–Crippen LogP) is 1.47. The molecular weight excluding hydrogens is 270 g/mol. The first-order chi connectivity index (χ1) is 10.3. The van der Waals surface area contributed by atoms with Crippen LogP contribution in [0.25, 0.3) is 11.4 Å². The molecule has 3 unspecified atom stereocenters. The minimum atomic E-state index is 0.0822. The van der Waals surface area contributed by atoms with E-state index in [9.17, 15) is 0 Å². The Kier molecular flexibility index (Phi) is 4.12. The van der Waals surface area contributed by atoms with Gasteiger partial charge in [0, 0.05) is 25.0 Å². The van der Waals surface area contributed by atoms with Crippen molar-refractivity contribution in [3.8, 4) is 11.4 Å². The van der Waals surface area contributed by atoms with Gasteiger partial charge in [0.05, 0.1) is 12.1 Å². The molecule has 1 aromatic carbocycles. The fourth-order valence-corrected chi connectivity index (χ4v) is 2.66. The molecule has 1 heterocycles. The maximum absolute atomic E-state index is 5.63. The van der Waals surface area contributed by atoms with Crippen LogP contribution < -0.4 is 5.32 Å². The average Bonchev–Trinajstić information content (AvgIpc) is 3.01. The van der Waals surface area contributed by atoms with Crippen LogP contribution in [0.3, 0.4) is 0 Å². The van der Waals surface area contributed by atoms with E-state index >= 15 is 0 Å². The number of ether oxygens (including phenoxy) is 2. The van der Waals surface area contributed by atoms with Gasteiger partial charge in [0.1, 0.15) is 6.10 Å². The van der Waals surface area contributed by atoms with Gasteiger partial charge in [0.25, 0.3) is 0 Å². The molecule has 1 aliphatic carbocycles. The lowest BCUT2D eigenvalue weighted by atomic mass is 9.85. The van der Waals surface area contributed by atoms with E-state index in [1.807, 2.05) is 31.2 Å². The Labute approximate surface area is 123 Å². The highest BCUT2D eigenvalue weighted by atomic mass is 16.5. The zero-order valence-corrected chi connectivity index (χ0v) is 12.1. The molecule has 0 saturated heterocycles. The highest BCUT2D eigenvalue weighted by Gasteiger charge is 2.42. The molecule has 3 rings (SSSR count). The Bertz CT molecular complexity index is 575. The van der Waals surface area contributed by atoms with Crippen LogP contribution in [0.2, 0.25) is 0 Å². The number of aromatic nitrogens is 4. The van der Waals surface area contributed by atoms with Crippen molar-refractivity contribution >= 4 is 5.69 Å². The molecule has 2 N–H and O–H groups in total. The van der Waals surface area contributed by atoms with E-state index in [1.54, 1.807) is 7.11 Å². The molecule has 1 aromatic heterocycles. The third kappa shape index (κ3) is 2.88. The fourth-order valence-electron chi connectivity index (χ4n) is 2.66. The minimum absolute atomic E-state index is 0.0822. The number of nitrogens with zero attached hydrogens (tertiary/aromatic N) is 3. The molecule has 3 atom stereocenters. The average molecular weight is 289 g/mol. The van der Waals surface area contributed by atoms with Crippen molar-refractivity contribution in [2.45, 2.75) is 31.6 Å². The number of aromatic amines is 1. The molecule has 1 fully saturated rings. The summed E-state index contributed by atoms with van der Waals surface area (Å²) >= 11 is 0. The maximum Gasteiger partial charge on any atom is 0.204 e. The van der Waals surface area contributed by atoms with E-state index in [-0.39, 0.29) is 18.2 Å². The van der Waals surface area contributed by atoms with E-state index in [1.165, 1.54) is 0 Å². The van der Waals surface area contributed by atoms with Crippen LogP contribution in [0.4, 0.5) is 5.69 Å². The largest absolute Gasteiger partial charge is 0.379 e. The van der Waals surface area contributed by atoms with Crippen LogP contribution in [0.5, 0.6) is 0 Å². The summed E-state index contributed by atoms with van der Waals surface area (Å²) < 4.78 is 11.1. The molecule has 1 saturated carbocycles. The zero-order valence-electron chi connectivity index (χ0n) is 12.1. The third-order valence-corrected chi connectivity index (χ3v) is 3.72. The van der Waals surface area contributed by atoms with Crippen molar-refractivity contribution < 1.29 is 9.47 Å². The Morgan fingerprint density at radius 1 is 1.43 bits per heavy atom. The number of hydrogen-bond donors (Lipinski definition) is 2. The second-order valence-electron chi connectivity index (χ2n) is 5.00. The van der Waals surface area contributed by atoms with E-state index in [0.717, 1.165) is 17.7 Å². The number of methoxy groups -OCH3 is 1. The second kappa shape index (κ2) is 6.19. The molecule has 2 aromatic rings. The molecule has 0 radical (unpaired) electrons. The quantitative estimate of drug-likeness (QED) is 0.837. The highest BCUT2D eigenvalue weighted by Crippen LogP contribution is 2.30. The lowest BCUT2D eigenvalue weighted by Gasteiger charge is -2.43. The van der Waals surface area contributed by atoms with Crippen LogP contribution >= 0.6 is 0 Å². The molecule has 112 valence electrons. The SMILES string of the molecule is CCOC1CC(Nc2cccc(-c3nn[nH]n3)c2)C1OC. The van der Waals surface area contributed by atoms with E-state index in [0.29, 0.717) is 12.4 Å². The first kappa shape index (κ1) is 14.0. The molecule has 0 amide bonds. The molecule has 21 heavy (non-hydrogen) atoms. The number of tetrazole rings is 1. The molecule has 0 spiro atoms. The smallest absolute Gasteiger partial charge is 0.204 e. The van der Waals surface area contributed by atoms with Crippen LogP contribution in [-0.2, 0) is 9.47 Å². The van der Waals surface area contributed by atoms with Gasteiger partial charge in [-0.1, -0.05) is 12.1 Å². The summed E-state index contributed by atoms with van der Waals surface area (Å²) in [6, 6.07) is 8.20. The number of nitrogens with one attached hydrogen (secondary N) is 2. The second-order valence-corrected chi connectivity index (χ2v) is 5.00. The van der Waals surface area contributed by atoms with Crippen molar-refractivity contribution in [1.82, 2.24) is 20.6 Å². The van der Waals surface area contributed by atoms with Crippen molar-refractivity contribution in [3.63, 3.8) is 0 Å². The summed E-state index contributed by atoms with van der Waals surface area (Å²) in [5.41, 5.74) is 1.93. The molecule has 7 nitrogen and oxygen atoms in total.